The van der Waals surface area contributed by atoms with Crippen molar-refractivity contribution in [1.82, 2.24) is 9.97 Å². The maximum absolute atomic E-state index is 10.8. The Balaban J connectivity index is 0.000000720. The van der Waals surface area contributed by atoms with Gasteiger partial charge in [-0.25, -0.2) is 9.97 Å². The summed E-state index contributed by atoms with van der Waals surface area (Å²) in [6.07, 6.45) is 1.66. The molecule has 1 aromatic heterocycles. The number of halogens is 1. The molecular weight excluding hydrogens is 180 g/mol. The number of aromatic nitrogens is 2. The Morgan fingerprint density at radius 2 is 2.25 bits per heavy atom. The highest BCUT2D eigenvalue weighted by Gasteiger charge is 2.21. The summed E-state index contributed by atoms with van der Waals surface area (Å²) in [5.74, 6) is 0.257. The van der Waals surface area contributed by atoms with Crippen LogP contribution in [0.5, 0.6) is 0 Å². The third kappa shape index (κ3) is 1.18. The van der Waals surface area contributed by atoms with Crippen LogP contribution in [0.3, 0.4) is 0 Å². The van der Waals surface area contributed by atoms with Gasteiger partial charge < -0.3 is 11.1 Å². The largest absolute Gasteiger partial charge is 0.382 e. The molecule has 0 saturated heterocycles. The van der Waals surface area contributed by atoms with Crippen molar-refractivity contribution in [2.75, 3.05) is 11.1 Å². The number of fused-ring (bicyclic) bond motifs is 1. The minimum atomic E-state index is -0.0767. The van der Waals surface area contributed by atoms with E-state index in [2.05, 4.69) is 15.3 Å². The van der Waals surface area contributed by atoms with Gasteiger partial charge >= 0.3 is 0 Å². The van der Waals surface area contributed by atoms with Crippen molar-refractivity contribution in [3.05, 3.63) is 12.0 Å². The van der Waals surface area contributed by atoms with Gasteiger partial charge in [0.25, 0.3) is 0 Å². The van der Waals surface area contributed by atoms with E-state index in [0.29, 0.717) is 23.6 Å². The minimum Gasteiger partial charge on any atom is -0.382 e. The zero-order chi connectivity index (χ0) is 7.84. The molecule has 0 aliphatic carbocycles. The quantitative estimate of drug-likeness (QED) is 0.597. The normalized spacial score (nSPS) is 13.2. The number of nitrogen functional groups attached to an aromatic ring is 1. The number of anilines is 2. The summed E-state index contributed by atoms with van der Waals surface area (Å²) in [5, 5.41) is 2.58. The first kappa shape index (κ1) is 8.73. The summed E-state index contributed by atoms with van der Waals surface area (Å²) >= 11 is 0. The van der Waals surface area contributed by atoms with E-state index in [1.54, 1.807) is 0 Å². The van der Waals surface area contributed by atoms with Crippen LogP contribution in [0.2, 0.25) is 0 Å². The fourth-order valence-corrected chi connectivity index (χ4v) is 1.04. The molecule has 2 heterocycles. The van der Waals surface area contributed by atoms with E-state index < -0.39 is 0 Å². The van der Waals surface area contributed by atoms with E-state index >= 15 is 0 Å². The lowest BCUT2D eigenvalue weighted by atomic mass is 10.3. The number of nitrogens with one attached hydrogen (secondary N) is 1. The van der Waals surface area contributed by atoms with Crippen LogP contribution in [0, 0.1) is 0 Å². The second kappa shape index (κ2) is 2.94. The van der Waals surface area contributed by atoms with Crippen molar-refractivity contribution >= 4 is 29.8 Å². The van der Waals surface area contributed by atoms with Gasteiger partial charge in [0.15, 0.2) is 5.82 Å². The first-order chi connectivity index (χ1) is 5.27. The Bertz CT molecular complexity index is 327. The van der Waals surface area contributed by atoms with E-state index in [1.165, 1.54) is 6.33 Å². The third-order valence-electron chi connectivity index (χ3n) is 1.55. The fourth-order valence-electron chi connectivity index (χ4n) is 1.04. The number of nitrogens with zero attached hydrogens (tertiary/aromatic N) is 2. The van der Waals surface area contributed by atoms with Crippen LogP contribution >= 0.6 is 12.4 Å². The summed E-state index contributed by atoms with van der Waals surface area (Å²) in [4.78, 5) is 18.5. The topological polar surface area (TPSA) is 80.9 Å². The number of carbonyl (C=O) groups is 1. The summed E-state index contributed by atoms with van der Waals surface area (Å²) < 4.78 is 0. The standard InChI is InChI=1S/C6H6N4O.ClH/c7-6-5-3(8-2-9-6)1-4(11)10-5;/h2H,1H2,(H,10,11)(H2,7,8,9);1H. The second-order valence-corrected chi connectivity index (χ2v) is 2.31. The predicted octanol–water partition coefficient (Wildman–Crippen LogP) is -0.0248. The molecule has 3 N–H and O–H groups in total. The van der Waals surface area contributed by atoms with Gasteiger partial charge in [-0.2, -0.15) is 0 Å². The Morgan fingerprint density at radius 1 is 1.50 bits per heavy atom. The van der Waals surface area contributed by atoms with Crippen molar-refractivity contribution < 1.29 is 4.79 Å². The minimum absolute atomic E-state index is 0. The van der Waals surface area contributed by atoms with Crippen molar-refractivity contribution in [3.63, 3.8) is 0 Å². The molecule has 6 heteroatoms. The summed E-state index contributed by atoms with van der Waals surface area (Å²) in [6, 6.07) is 0. The highest BCUT2D eigenvalue weighted by atomic mass is 35.5. The number of hydrogen-bond acceptors (Lipinski definition) is 4. The molecule has 1 aliphatic rings. The van der Waals surface area contributed by atoms with Gasteiger partial charge in [0.2, 0.25) is 5.91 Å². The molecule has 0 spiro atoms. The molecule has 0 atom stereocenters. The average molecular weight is 187 g/mol. The Labute approximate surface area is 74.8 Å². The van der Waals surface area contributed by atoms with Crippen LogP contribution in [0.25, 0.3) is 0 Å². The molecule has 1 amide bonds. The molecule has 64 valence electrons. The Kier molecular flexibility index (Phi) is 2.14. The lowest BCUT2D eigenvalue weighted by Gasteiger charge is -1.98. The molecule has 12 heavy (non-hydrogen) atoms. The van der Waals surface area contributed by atoms with E-state index in [1.807, 2.05) is 0 Å². The Hall–Kier alpha value is -1.36. The van der Waals surface area contributed by atoms with Crippen LogP contribution in [0.1, 0.15) is 5.69 Å². The average Bonchev–Trinajstić information content (AvgIpc) is 2.31. The van der Waals surface area contributed by atoms with Gasteiger partial charge in [0.1, 0.15) is 12.0 Å². The summed E-state index contributed by atoms with van der Waals surface area (Å²) in [7, 11) is 0. The predicted molar refractivity (Wildman–Crippen MR) is 46.0 cm³/mol. The van der Waals surface area contributed by atoms with Crippen molar-refractivity contribution in [2.45, 2.75) is 6.42 Å². The maximum Gasteiger partial charge on any atom is 0.230 e. The van der Waals surface area contributed by atoms with Gasteiger partial charge in [-0.05, 0) is 0 Å². The van der Waals surface area contributed by atoms with E-state index in [4.69, 9.17) is 5.73 Å². The van der Waals surface area contributed by atoms with Gasteiger partial charge in [0, 0.05) is 0 Å². The molecule has 0 aromatic carbocycles. The first-order valence-corrected chi connectivity index (χ1v) is 3.16. The SMILES string of the molecule is Cl.Nc1ncnc2c1NC(=O)C2. The van der Waals surface area contributed by atoms with Crippen LogP contribution in [0.4, 0.5) is 11.5 Å². The molecule has 2 rings (SSSR count). The highest BCUT2D eigenvalue weighted by Crippen LogP contribution is 2.24. The van der Waals surface area contributed by atoms with E-state index in [-0.39, 0.29) is 18.3 Å². The number of nitrogens with two attached hydrogens (primary N) is 1. The number of rotatable bonds is 0. The molecule has 5 nitrogen and oxygen atoms in total. The molecule has 0 bridgehead atoms. The van der Waals surface area contributed by atoms with Crippen LogP contribution in [-0.2, 0) is 11.2 Å². The fraction of sp³-hybridized carbons (Fsp3) is 0.167. The molecule has 0 saturated carbocycles. The number of amides is 1. The maximum atomic E-state index is 10.8. The lowest BCUT2D eigenvalue weighted by molar-refractivity contribution is -0.115. The van der Waals surface area contributed by atoms with Crippen molar-refractivity contribution in [1.29, 1.82) is 0 Å². The van der Waals surface area contributed by atoms with Gasteiger partial charge in [-0.1, -0.05) is 0 Å². The van der Waals surface area contributed by atoms with Crippen LogP contribution < -0.4 is 11.1 Å². The van der Waals surface area contributed by atoms with Crippen molar-refractivity contribution in [3.8, 4) is 0 Å². The lowest BCUT2D eigenvalue weighted by Crippen LogP contribution is -2.05. The first-order valence-electron chi connectivity index (χ1n) is 3.16. The molecule has 0 unspecified atom stereocenters. The summed E-state index contributed by atoms with van der Waals surface area (Å²) in [6.45, 7) is 0. The summed E-state index contributed by atoms with van der Waals surface area (Å²) in [5.41, 5.74) is 6.72. The molecular formula is C6H7ClN4O. The smallest absolute Gasteiger partial charge is 0.230 e. The van der Waals surface area contributed by atoms with Crippen LogP contribution in [0.15, 0.2) is 6.33 Å². The molecule has 0 fully saturated rings. The molecule has 0 radical (unpaired) electrons. The second-order valence-electron chi connectivity index (χ2n) is 2.31. The molecule has 1 aliphatic heterocycles. The monoisotopic (exact) mass is 186 g/mol. The zero-order valence-electron chi connectivity index (χ0n) is 6.07. The highest BCUT2D eigenvalue weighted by molar-refractivity contribution is 6.00. The van der Waals surface area contributed by atoms with Gasteiger partial charge in [0.05, 0.1) is 12.1 Å². The van der Waals surface area contributed by atoms with Gasteiger partial charge in [-0.3, -0.25) is 4.79 Å². The molecule has 1 aromatic rings. The Morgan fingerprint density at radius 3 is 2.92 bits per heavy atom. The van der Waals surface area contributed by atoms with Crippen molar-refractivity contribution in [2.24, 2.45) is 0 Å². The number of carbonyl (C=O) groups excluding carboxylic acids is 1. The third-order valence-corrected chi connectivity index (χ3v) is 1.55. The van der Waals surface area contributed by atoms with E-state index in [0.717, 1.165) is 0 Å². The van der Waals surface area contributed by atoms with E-state index in [9.17, 15) is 4.79 Å². The zero-order valence-corrected chi connectivity index (χ0v) is 6.89. The van der Waals surface area contributed by atoms with Crippen LogP contribution in [-0.4, -0.2) is 15.9 Å². The van der Waals surface area contributed by atoms with Gasteiger partial charge in [-0.15, -0.1) is 12.4 Å². The number of hydrogen-bond donors (Lipinski definition) is 2.